The van der Waals surface area contributed by atoms with E-state index in [0.717, 1.165) is 5.71 Å². The van der Waals surface area contributed by atoms with Crippen molar-refractivity contribution in [2.24, 2.45) is 4.99 Å². The lowest BCUT2D eigenvalue weighted by molar-refractivity contribution is 1.37. The first-order valence-electron chi connectivity index (χ1n) is 9.47. The fraction of sp³-hybridized carbons (Fsp3) is 0.208. The van der Waals surface area contributed by atoms with Gasteiger partial charge >= 0.3 is 0 Å². The van der Waals surface area contributed by atoms with Gasteiger partial charge in [-0.1, -0.05) is 49.5 Å². The van der Waals surface area contributed by atoms with Crippen molar-refractivity contribution >= 4 is 30.2 Å². The van der Waals surface area contributed by atoms with Crippen molar-refractivity contribution in [3.63, 3.8) is 0 Å². The van der Waals surface area contributed by atoms with Crippen LogP contribution in [0.5, 0.6) is 0 Å². The number of nitrogens with zero attached hydrogens (tertiary/aromatic N) is 1. The Hall–Kier alpha value is -2.65. The SMILES string of the molecule is CN=C1C=CC2=C(c3ccccc3C)c3ccc(NC)cc3[Si](C)(C)C2=C1. The molecule has 2 aromatic rings. The molecule has 3 heteroatoms. The van der Waals surface area contributed by atoms with Gasteiger partial charge in [-0.2, -0.15) is 0 Å². The quantitative estimate of drug-likeness (QED) is 0.749. The fourth-order valence-corrected chi connectivity index (χ4v) is 7.35. The van der Waals surface area contributed by atoms with Crippen LogP contribution in [0.3, 0.4) is 0 Å². The average molecular weight is 371 g/mol. The Morgan fingerprint density at radius 1 is 0.963 bits per heavy atom. The highest BCUT2D eigenvalue weighted by molar-refractivity contribution is 6.98. The van der Waals surface area contributed by atoms with Crippen LogP contribution in [0, 0.1) is 6.92 Å². The molecule has 1 aliphatic heterocycles. The molecule has 1 aliphatic carbocycles. The van der Waals surface area contributed by atoms with E-state index in [2.05, 4.69) is 91.0 Å². The summed E-state index contributed by atoms with van der Waals surface area (Å²) < 4.78 is 0. The number of benzene rings is 2. The molecule has 0 amide bonds. The Bertz CT molecular complexity index is 1050. The van der Waals surface area contributed by atoms with Crippen molar-refractivity contribution < 1.29 is 0 Å². The fourth-order valence-electron chi connectivity index (χ4n) is 4.28. The number of fused-ring (bicyclic) bond motifs is 2. The number of aliphatic imine (C=N–C) groups is 1. The number of anilines is 1. The zero-order valence-corrected chi connectivity index (χ0v) is 17.7. The predicted octanol–water partition coefficient (Wildman–Crippen LogP) is 4.87. The first-order chi connectivity index (χ1) is 13.0. The van der Waals surface area contributed by atoms with Crippen LogP contribution < -0.4 is 10.5 Å². The first-order valence-corrected chi connectivity index (χ1v) is 12.5. The second-order valence-corrected chi connectivity index (χ2v) is 12.1. The minimum Gasteiger partial charge on any atom is -0.388 e. The van der Waals surface area contributed by atoms with Crippen LogP contribution in [0.2, 0.25) is 13.1 Å². The Kier molecular flexibility index (Phi) is 4.27. The molecule has 2 aliphatic rings. The van der Waals surface area contributed by atoms with Gasteiger partial charge in [0.25, 0.3) is 0 Å². The molecule has 0 aromatic heterocycles. The molecule has 1 heterocycles. The van der Waals surface area contributed by atoms with E-state index in [9.17, 15) is 0 Å². The minimum atomic E-state index is -1.84. The summed E-state index contributed by atoms with van der Waals surface area (Å²) in [5, 5.41) is 6.29. The predicted molar refractivity (Wildman–Crippen MR) is 121 cm³/mol. The van der Waals surface area contributed by atoms with E-state index < -0.39 is 8.07 Å². The molecule has 0 fully saturated rings. The second kappa shape index (κ2) is 6.50. The Morgan fingerprint density at radius 2 is 1.74 bits per heavy atom. The Morgan fingerprint density at radius 3 is 2.44 bits per heavy atom. The maximum absolute atomic E-state index is 4.45. The molecule has 2 aromatic carbocycles. The van der Waals surface area contributed by atoms with Gasteiger partial charge in [0.05, 0.1) is 5.71 Å². The molecule has 0 saturated heterocycles. The topological polar surface area (TPSA) is 24.4 Å². The number of aryl methyl sites for hydroxylation is 1. The molecule has 0 unspecified atom stereocenters. The monoisotopic (exact) mass is 370 g/mol. The molecule has 0 atom stereocenters. The molecule has 27 heavy (non-hydrogen) atoms. The third kappa shape index (κ3) is 2.74. The van der Waals surface area contributed by atoms with E-state index >= 15 is 0 Å². The van der Waals surface area contributed by atoms with E-state index in [1.165, 1.54) is 43.9 Å². The lowest BCUT2D eigenvalue weighted by atomic mass is 9.87. The Balaban J connectivity index is 2.11. The summed E-state index contributed by atoms with van der Waals surface area (Å²) in [5.74, 6) is 0. The van der Waals surface area contributed by atoms with Crippen molar-refractivity contribution in [2.45, 2.75) is 20.0 Å². The lowest BCUT2D eigenvalue weighted by Crippen LogP contribution is -2.49. The summed E-state index contributed by atoms with van der Waals surface area (Å²) in [7, 11) is 2.03. The van der Waals surface area contributed by atoms with Crippen LogP contribution in [0.1, 0.15) is 16.7 Å². The van der Waals surface area contributed by atoms with Gasteiger partial charge in [-0.15, -0.1) is 0 Å². The van der Waals surface area contributed by atoms with Crippen LogP contribution in [-0.2, 0) is 0 Å². The molecule has 0 saturated carbocycles. The van der Waals surface area contributed by atoms with Crippen molar-refractivity contribution in [2.75, 3.05) is 19.4 Å². The molecule has 0 radical (unpaired) electrons. The lowest BCUT2D eigenvalue weighted by Gasteiger charge is -2.38. The molecule has 4 rings (SSSR count). The van der Waals surface area contributed by atoms with E-state index in [1.807, 2.05) is 14.1 Å². The van der Waals surface area contributed by atoms with Gasteiger partial charge in [0, 0.05) is 19.8 Å². The van der Waals surface area contributed by atoms with Crippen molar-refractivity contribution in [1.29, 1.82) is 0 Å². The summed E-state index contributed by atoms with van der Waals surface area (Å²) in [6, 6.07) is 15.6. The zero-order chi connectivity index (χ0) is 19.2. The summed E-state index contributed by atoms with van der Waals surface area (Å²) in [5.41, 5.74) is 8.99. The normalized spacial score (nSPS) is 18.9. The van der Waals surface area contributed by atoms with Crippen LogP contribution in [0.4, 0.5) is 5.69 Å². The van der Waals surface area contributed by atoms with E-state index in [4.69, 9.17) is 0 Å². The Labute approximate surface area is 163 Å². The van der Waals surface area contributed by atoms with E-state index in [-0.39, 0.29) is 0 Å². The molecule has 0 spiro atoms. The van der Waals surface area contributed by atoms with Crippen LogP contribution in [0.15, 0.2) is 76.5 Å². The van der Waals surface area contributed by atoms with Crippen LogP contribution >= 0.6 is 0 Å². The maximum atomic E-state index is 4.45. The summed E-state index contributed by atoms with van der Waals surface area (Å²) in [4.78, 5) is 4.45. The molecular weight excluding hydrogens is 344 g/mol. The van der Waals surface area contributed by atoms with Gasteiger partial charge in [-0.05, 0) is 69.4 Å². The summed E-state index contributed by atoms with van der Waals surface area (Å²) >= 11 is 0. The average Bonchev–Trinajstić information content (AvgIpc) is 2.69. The molecule has 1 N–H and O–H groups in total. The molecule has 0 bridgehead atoms. The number of nitrogens with one attached hydrogen (secondary N) is 1. The highest BCUT2D eigenvalue weighted by Gasteiger charge is 2.39. The van der Waals surface area contributed by atoms with Gasteiger partial charge in [-0.3, -0.25) is 4.99 Å². The number of hydrogen-bond acceptors (Lipinski definition) is 2. The van der Waals surface area contributed by atoms with E-state index in [1.54, 1.807) is 0 Å². The minimum absolute atomic E-state index is 1.06. The van der Waals surface area contributed by atoms with Crippen molar-refractivity contribution in [3.05, 3.63) is 88.2 Å². The molecule has 136 valence electrons. The summed E-state index contributed by atoms with van der Waals surface area (Å²) in [6.45, 7) is 7.12. The number of rotatable bonds is 2. The smallest absolute Gasteiger partial charge is 0.114 e. The van der Waals surface area contributed by atoms with Crippen molar-refractivity contribution in [1.82, 2.24) is 0 Å². The van der Waals surface area contributed by atoms with Gasteiger partial charge in [0.15, 0.2) is 0 Å². The summed E-state index contributed by atoms with van der Waals surface area (Å²) in [6.07, 6.45) is 6.74. The number of allylic oxidation sites excluding steroid dienone is 5. The van der Waals surface area contributed by atoms with Gasteiger partial charge in [0.1, 0.15) is 8.07 Å². The van der Waals surface area contributed by atoms with Gasteiger partial charge < -0.3 is 5.32 Å². The highest BCUT2D eigenvalue weighted by Crippen LogP contribution is 2.42. The molecular formula is C24H26N2Si. The largest absolute Gasteiger partial charge is 0.388 e. The standard InChI is InChI=1S/C24H26N2Si/c1-16-8-6-7-9-19(16)24-20-12-10-17(25-2)14-22(20)27(4,5)23-15-18(26-3)11-13-21(23)24/h6-15,25H,1-5H3. The zero-order valence-electron chi connectivity index (χ0n) is 16.7. The van der Waals surface area contributed by atoms with Crippen LogP contribution in [0.25, 0.3) is 5.57 Å². The second-order valence-electron chi connectivity index (χ2n) is 7.78. The highest BCUT2D eigenvalue weighted by atomic mass is 28.3. The third-order valence-electron chi connectivity index (χ3n) is 5.87. The van der Waals surface area contributed by atoms with Crippen LogP contribution in [-0.4, -0.2) is 27.9 Å². The van der Waals surface area contributed by atoms with E-state index in [0.29, 0.717) is 0 Å². The maximum Gasteiger partial charge on any atom is 0.114 e. The first kappa shape index (κ1) is 17.7. The third-order valence-corrected chi connectivity index (χ3v) is 9.39. The van der Waals surface area contributed by atoms with Crippen molar-refractivity contribution in [3.8, 4) is 0 Å². The number of hydrogen-bond donors (Lipinski definition) is 1. The molecule has 2 nitrogen and oxygen atoms in total. The van der Waals surface area contributed by atoms with Gasteiger partial charge in [-0.25, -0.2) is 0 Å². The van der Waals surface area contributed by atoms with Gasteiger partial charge in [0.2, 0.25) is 0 Å².